The molecule has 2 aromatic rings. The first-order valence-electron chi connectivity index (χ1n) is 7.67. The molecule has 2 N–H and O–H groups in total. The smallest absolute Gasteiger partial charge is 0.244 e. The minimum Gasteiger partial charge on any atom is -0.346 e. The second-order valence-corrected chi connectivity index (χ2v) is 5.51. The third kappa shape index (κ3) is 5.24. The molecule has 0 saturated carbocycles. The number of anilines is 1. The summed E-state index contributed by atoms with van der Waals surface area (Å²) in [4.78, 5) is 23.1. The Morgan fingerprint density at radius 1 is 1.08 bits per heavy atom. The van der Waals surface area contributed by atoms with Crippen LogP contribution in [0.1, 0.15) is 31.0 Å². The van der Waals surface area contributed by atoms with Gasteiger partial charge >= 0.3 is 0 Å². The predicted octanol–water partition coefficient (Wildman–Crippen LogP) is 3.81. The van der Waals surface area contributed by atoms with E-state index in [1.54, 1.807) is 31.2 Å². The normalized spacial score (nSPS) is 12.0. The Morgan fingerprint density at radius 3 is 2.36 bits per heavy atom. The average molecular weight is 344 g/mol. The molecule has 4 nitrogen and oxygen atoms in total. The largest absolute Gasteiger partial charge is 0.346 e. The molecule has 2 aromatic carbocycles. The number of hydrogen-bond donors (Lipinski definition) is 2. The van der Waals surface area contributed by atoms with Gasteiger partial charge in [-0.2, -0.15) is 0 Å². The standard InChI is InChI=1S/C19H18F2N2O2/c1-12(14-5-3-6-15(11-14)23-13(2)24)22-19(25)10-9-16-17(20)7-4-8-18(16)21/h3-12H,1-2H3,(H,22,25)(H,23,24)/b10-9+. The van der Waals surface area contributed by atoms with E-state index in [0.29, 0.717) is 5.69 Å². The lowest BCUT2D eigenvalue weighted by atomic mass is 10.1. The summed E-state index contributed by atoms with van der Waals surface area (Å²) in [7, 11) is 0. The topological polar surface area (TPSA) is 58.2 Å². The molecule has 130 valence electrons. The van der Waals surface area contributed by atoms with Gasteiger partial charge in [0.25, 0.3) is 0 Å². The van der Waals surface area contributed by atoms with Crippen LogP contribution in [0.25, 0.3) is 6.08 Å². The molecule has 0 aliphatic rings. The molecule has 0 aliphatic heterocycles. The van der Waals surface area contributed by atoms with E-state index in [0.717, 1.165) is 29.8 Å². The van der Waals surface area contributed by atoms with Gasteiger partial charge in [-0.25, -0.2) is 8.78 Å². The molecule has 0 heterocycles. The van der Waals surface area contributed by atoms with Gasteiger partial charge in [0, 0.05) is 24.3 Å². The zero-order chi connectivity index (χ0) is 18.4. The molecule has 25 heavy (non-hydrogen) atoms. The number of amides is 2. The molecular weight excluding hydrogens is 326 g/mol. The van der Waals surface area contributed by atoms with Crippen molar-refractivity contribution in [2.45, 2.75) is 19.9 Å². The summed E-state index contributed by atoms with van der Waals surface area (Å²) in [6.45, 7) is 3.17. The maximum Gasteiger partial charge on any atom is 0.244 e. The van der Waals surface area contributed by atoms with Crippen LogP contribution >= 0.6 is 0 Å². The minimum atomic E-state index is -0.736. The maximum absolute atomic E-state index is 13.5. The Kier molecular flexibility index (Phi) is 6.00. The number of hydrogen-bond acceptors (Lipinski definition) is 2. The lowest BCUT2D eigenvalue weighted by molar-refractivity contribution is -0.117. The summed E-state index contributed by atoms with van der Waals surface area (Å²) in [6.07, 6.45) is 2.18. The van der Waals surface area contributed by atoms with Gasteiger partial charge in [-0.3, -0.25) is 9.59 Å². The van der Waals surface area contributed by atoms with Crippen molar-refractivity contribution in [2.24, 2.45) is 0 Å². The van der Waals surface area contributed by atoms with E-state index in [1.807, 2.05) is 0 Å². The van der Waals surface area contributed by atoms with Crippen molar-refractivity contribution in [3.8, 4) is 0 Å². The molecular formula is C19H18F2N2O2. The highest BCUT2D eigenvalue weighted by Crippen LogP contribution is 2.18. The van der Waals surface area contributed by atoms with Gasteiger partial charge in [0.05, 0.1) is 6.04 Å². The Balaban J connectivity index is 2.05. The summed E-state index contributed by atoms with van der Waals surface area (Å²) in [5, 5.41) is 5.37. The predicted molar refractivity (Wildman–Crippen MR) is 92.7 cm³/mol. The number of carbonyl (C=O) groups is 2. The fourth-order valence-electron chi connectivity index (χ4n) is 2.26. The van der Waals surface area contributed by atoms with Gasteiger partial charge in [-0.15, -0.1) is 0 Å². The lowest BCUT2D eigenvalue weighted by Gasteiger charge is -2.14. The van der Waals surface area contributed by atoms with E-state index in [2.05, 4.69) is 10.6 Å². The molecule has 0 spiro atoms. The Labute approximate surface area is 144 Å². The SMILES string of the molecule is CC(=O)Nc1cccc(C(C)NC(=O)/C=C/c2c(F)cccc2F)c1. The summed E-state index contributed by atoms with van der Waals surface area (Å²) in [5.74, 6) is -2.15. The quantitative estimate of drug-likeness (QED) is 0.810. The summed E-state index contributed by atoms with van der Waals surface area (Å²) in [5.41, 5.74) is 1.14. The number of carbonyl (C=O) groups excluding carboxylic acids is 2. The van der Waals surface area contributed by atoms with Crippen LogP contribution in [-0.2, 0) is 9.59 Å². The van der Waals surface area contributed by atoms with E-state index in [9.17, 15) is 18.4 Å². The van der Waals surface area contributed by atoms with Crippen molar-refractivity contribution in [3.05, 3.63) is 71.3 Å². The van der Waals surface area contributed by atoms with Gasteiger partial charge in [0.15, 0.2) is 0 Å². The first kappa shape index (κ1) is 18.3. The molecule has 1 atom stereocenters. The monoisotopic (exact) mass is 344 g/mol. The third-order valence-electron chi connectivity index (χ3n) is 3.47. The van der Waals surface area contributed by atoms with Crippen LogP contribution in [0.4, 0.5) is 14.5 Å². The highest BCUT2D eigenvalue weighted by Gasteiger charge is 2.10. The van der Waals surface area contributed by atoms with Crippen LogP contribution in [-0.4, -0.2) is 11.8 Å². The molecule has 0 fully saturated rings. The second-order valence-electron chi connectivity index (χ2n) is 5.51. The van der Waals surface area contributed by atoms with Crippen LogP contribution in [0, 0.1) is 11.6 Å². The van der Waals surface area contributed by atoms with E-state index < -0.39 is 17.5 Å². The van der Waals surface area contributed by atoms with E-state index in [-0.39, 0.29) is 17.5 Å². The Morgan fingerprint density at radius 2 is 1.72 bits per heavy atom. The molecule has 0 radical (unpaired) electrons. The van der Waals surface area contributed by atoms with Crippen LogP contribution in [0.15, 0.2) is 48.5 Å². The molecule has 6 heteroatoms. The molecule has 2 rings (SSSR count). The van der Waals surface area contributed by atoms with Crippen LogP contribution in [0.2, 0.25) is 0 Å². The number of rotatable bonds is 5. The molecule has 2 amide bonds. The second kappa shape index (κ2) is 8.19. The van der Waals surface area contributed by atoms with Crippen molar-refractivity contribution < 1.29 is 18.4 Å². The summed E-state index contributed by atoms with van der Waals surface area (Å²) in [6, 6.07) is 10.2. The number of halogens is 2. The minimum absolute atomic E-state index is 0.191. The van der Waals surface area contributed by atoms with Crippen LogP contribution in [0.3, 0.4) is 0 Å². The van der Waals surface area contributed by atoms with E-state index in [1.165, 1.54) is 13.0 Å². The van der Waals surface area contributed by atoms with Crippen molar-refractivity contribution in [3.63, 3.8) is 0 Å². The highest BCUT2D eigenvalue weighted by molar-refractivity contribution is 5.92. The lowest BCUT2D eigenvalue weighted by Crippen LogP contribution is -2.24. The fraction of sp³-hybridized carbons (Fsp3) is 0.158. The van der Waals surface area contributed by atoms with Crippen molar-refractivity contribution in [2.75, 3.05) is 5.32 Å². The zero-order valence-electron chi connectivity index (χ0n) is 13.8. The van der Waals surface area contributed by atoms with Crippen molar-refractivity contribution in [1.29, 1.82) is 0 Å². The fourth-order valence-corrected chi connectivity index (χ4v) is 2.26. The maximum atomic E-state index is 13.5. The van der Waals surface area contributed by atoms with Gasteiger partial charge in [0.1, 0.15) is 11.6 Å². The molecule has 0 bridgehead atoms. The van der Waals surface area contributed by atoms with Gasteiger partial charge < -0.3 is 10.6 Å². The Bertz CT molecular complexity index is 799. The summed E-state index contributed by atoms with van der Waals surface area (Å²) >= 11 is 0. The molecule has 0 aliphatic carbocycles. The first-order valence-corrected chi connectivity index (χ1v) is 7.67. The zero-order valence-corrected chi connectivity index (χ0v) is 13.8. The van der Waals surface area contributed by atoms with E-state index in [4.69, 9.17) is 0 Å². The van der Waals surface area contributed by atoms with Gasteiger partial charge in [0.2, 0.25) is 11.8 Å². The van der Waals surface area contributed by atoms with Gasteiger partial charge in [-0.05, 0) is 42.8 Å². The molecule has 0 saturated heterocycles. The van der Waals surface area contributed by atoms with Crippen LogP contribution < -0.4 is 10.6 Å². The Hall–Kier alpha value is -3.02. The van der Waals surface area contributed by atoms with Crippen molar-refractivity contribution >= 4 is 23.6 Å². The molecule has 1 unspecified atom stereocenters. The number of benzene rings is 2. The highest BCUT2D eigenvalue weighted by atomic mass is 19.1. The third-order valence-corrected chi connectivity index (χ3v) is 3.47. The number of nitrogens with one attached hydrogen (secondary N) is 2. The average Bonchev–Trinajstić information content (AvgIpc) is 2.54. The summed E-state index contributed by atoms with van der Waals surface area (Å²) < 4.78 is 27.0. The first-order chi connectivity index (χ1) is 11.9. The van der Waals surface area contributed by atoms with E-state index >= 15 is 0 Å². The van der Waals surface area contributed by atoms with Gasteiger partial charge in [-0.1, -0.05) is 18.2 Å². The van der Waals surface area contributed by atoms with Crippen LogP contribution in [0.5, 0.6) is 0 Å². The van der Waals surface area contributed by atoms with Crippen molar-refractivity contribution in [1.82, 2.24) is 5.32 Å². The molecule has 0 aromatic heterocycles.